The lowest BCUT2D eigenvalue weighted by Crippen LogP contribution is -2.45. The number of amides is 1. The van der Waals surface area contributed by atoms with Gasteiger partial charge < -0.3 is 15.4 Å². The maximum atomic E-state index is 11.7. The Morgan fingerprint density at radius 3 is 2.53 bits per heavy atom. The average molecular weight is 238 g/mol. The van der Waals surface area contributed by atoms with E-state index in [0.717, 1.165) is 0 Å². The largest absolute Gasteiger partial charge is 0.480 e. The minimum Gasteiger partial charge on any atom is -0.480 e. The second kappa shape index (κ2) is 5.29. The number of rotatable bonds is 4. The first-order valence-electron chi connectivity index (χ1n) is 5.15. The van der Waals surface area contributed by atoms with E-state index in [4.69, 9.17) is 5.11 Å². The number of hydrogen-bond acceptors (Lipinski definition) is 3. The third-order valence-corrected chi connectivity index (χ3v) is 2.28. The van der Waals surface area contributed by atoms with Crippen LogP contribution in [-0.4, -0.2) is 28.0 Å². The van der Waals surface area contributed by atoms with Crippen molar-refractivity contribution in [3.05, 3.63) is 34.2 Å². The number of carboxylic acids is 1. The molecule has 0 aliphatic carbocycles. The van der Waals surface area contributed by atoms with E-state index in [0.29, 0.717) is 0 Å². The molecule has 92 valence electrons. The summed E-state index contributed by atoms with van der Waals surface area (Å²) in [5.41, 5.74) is -0.641. The van der Waals surface area contributed by atoms with Gasteiger partial charge in [0.1, 0.15) is 11.6 Å². The molecule has 0 spiro atoms. The summed E-state index contributed by atoms with van der Waals surface area (Å²) in [6.45, 7) is 3.35. The van der Waals surface area contributed by atoms with Gasteiger partial charge in [0.05, 0.1) is 0 Å². The first-order valence-corrected chi connectivity index (χ1v) is 5.15. The topological polar surface area (TPSA) is 99.3 Å². The molecule has 0 aliphatic heterocycles. The molecule has 6 nitrogen and oxygen atoms in total. The lowest BCUT2D eigenvalue weighted by molar-refractivity contribution is -0.140. The van der Waals surface area contributed by atoms with Crippen LogP contribution in [0.1, 0.15) is 24.2 Å². The van der Waals surface area contributed by atoms with Crippen LogP contribution in [0.25, 0.3) is 0 Å². The third-order valence-electron chi connectivity index (χ3n) is 2.28. The Kier molecular flexibility index (Phi) is 4.03. The maximum Gasteiger partial charge on any atom is 0.326 e. The third kappa shape index (κ3) is 3.17. The minimum atomic E-state index is -1.12. The smallest absolute Gasteiger partial charge is 0.326 e. The zero-order valence-electron chi connectivity index (χ0n) is 9.56. The summed E-state index contributed by atoms with van der Waals surface area (Å²) < 4.78 is 0. The lowest BCUT2D eigenvalue weighted by Gasteiger charge is -2.17. The Bertz CT molecular complexity index is 478. The number of nitrogens with one attached hydrogen (secondary N) is 2. The van der Waals surface area contributed by atoms with Crippen molar-refractivity contribution in [2.24, 2.45) is 5.92 Å². The van der Waals surface area contributed by atoms with Gasteiger partial charge in [-0.15, -0.1) is 0 Å². The van der Waals surface area contributed by atoms with Crippen LogP contribution >= 0.6 is 0 Å². The fraction of sp³-hybridized carbons (Fsp3) is 0.364. The average Bonchev–Trinajstić information content (AvgIpc) is 2.25. The maximum absolute atomic E-state index is 11.7. The highest BCUT2D eigenvalue weighted by atomic mass is 16.4. The van der Waals surface area contributed by atoms with E-state index < -0.39 is 23.5 Å². The number of carboxylic acid groups (broad SMARTS) is 1. The van der Waals surface area contributed by atoms with Gasteiger partial charge in [0, 0.05) is 6.20 Å². The van der Waals surface area contributed by atoms with Gasteiger partial charge in [-0.1, -0.05) is 13.8 Å². The SMILES string of the molecule is CC(C)C(NC(=O)c1ccc[nH]c1=O)C(=O)O. The first-order chi connectivity index (χ1) is 7.93. The van der Waals surface area contributed by atoms with Crippen molar-refractivity contribution >= 4 is 11.9 Å². The number of carbonyl (C=O) groups excluding carboxylic acids is 1. The van der Waals surface area contributed by atoms with Gasteiger partial charge in [-0.3, -0.25) is 9.59 Å². The number of pyridine rings is 1. The van der Waals surface area contributed by atoms with Crippen molar-refractivity contribution < 1.29 is 14.7 Å². The molecule has 6 heteroatoms. The first kappa shape index (κ1) is 13.0. The summed E-state index contributed by atoms with van der Waals surface area (Å²) in [7, 11) is 0. The molecule has 0 radical (unpaired) electrons. The van der Waals surface area contributed by atoms with Gasteiger partial charge in [-0.2, -0.15) is 0 Å². The predicted molar refractivity (Wildman–Crippen MR) is 60.8 cm³/mol. The minimum absolute atomic E-state index is 0.0978. The van der Waals surface area contributed by atoms with Gasteiger partial charge in [-0.05, 0) is 18.1 Å². The molecule has 1 amide bonds. The van der Waals surface area contributed by atoms with Crippen molar-refractivity contribution in [3.63, 3.8) is 0 Å². The molecule has 0 fully saturated rings. The van der Waals surface area contributed by atoms with E-state index >= 15 is 0 Å². The molecule has 1 aromatic rings. The number of carbonyl (C=O) groups is 2. The van der Waals surface area contributed by atoms with E-state index in [1.807, 2.05) is 0 Å². The summed E-state index contributed by atoms with van der Waals surface area (Å²) in [6.07, 6.45) is 1.40. The molecule has 1 aromatic heterocycles. The fourth-order valence-electron chi connectivity index (χ4n) is 1.33. The van der Waals surface area contributed by atoms with Crippen LogP contribution in [0.4, 0.5) is 0 Å². The molecule has 1 rings (SSSR count). The predicted octanol–water partition coefficient (Wildman–Crippen LogP) is 0.214. The lowest BCUT2D eigenvalue weighted by atomic mass is 10.0. The molecular formula is C11H14N2O4. The fourth-order valence-corrected chi connectivity index (χ4v) is 1.33. The molecule has 0 bridgehead atoms. The molecule has 1 atom stereocenters. The number of hydrogen-bond donors (Lipinski definition) is 3. The van der Waals surface area contributed by atoms with Crippen LogP contribution in [-0.2, 0) is 4.79 Å². The van der Waals surface area contributed by atoms with Crippen LogP contribution in [0.15, 0.2) is 23.1 Å². The quantitative estimate of drug-likeness (QED) is 0.698. The van der Waals surface area contributed by atoms with Crippen molar-refractivity contribution in [2.75, 3.05) is 0 Å². The Morgan fingerprint density at radius 2 is 2.06 bits per heavy atom. The second-order valence-electron chi connectivity index (χ2n) is 3.95. The molecular weight excluding hydrogens is 224 g/mol. The van der Waals surface area contributed by atoms with Gasteiger partial charge in [0.15, 0.2) is 0 Å². The molecule has 1 unspecified atom stereocenters. The molecule has 3 N–H and O–H groups in total. The van der Waals surface area contributed by atoms with Gasteiger partial charge >= 0.3 is 5.97 Å². The highest BCUT2D eigenvalue weighted by molar-refractivity contribution is 5.96. The summed E-state index contributed by atoms with van der Waals surface area (Å²) in [4.78, 5) is 36.2. The summed E-state index contributed by atoms with van der Waals surface area (Å²) in [5.74, 6) is -2.08. The zero-order chi connectivity index (χ0) is 13.0. The number of H-pyrrole nitrogens is 1. The Morgan fingerprint density at radius 1 is 1.41 bits per heavy atom. The molecule has 0 aliphatic rings. The van der Waals surface area contributed by atoms with Gasteiger partial charge in [-0.25, -0.2) is 4.79 Å². The molecule has 0 aromatic carbocycles. The zero-order valence-corrected chi connectivity index (χ0v) is 9.56. The van der Waals surface area contributed by atoms with E-state index in [2.05, 4.69) is 10.3 Å². The normalized spacial score (nSPS) is 12.2. The summed E-state index contributed by atoms with van der Waals surface area (Å²) in [6, 6.07) is 1.83. The second-order valence-corrected chi connectivity index (χ2v) is 3.95. The molecule has 0 saturated carbocycles. The Hall–Kier alpha value is -2.11. The standard InChI is InChI=1S/C11H14N2O4/c1-6(2)8(11(16)17)13-10(15)7-4-3-5-12-9(7)14/h3-6,8H,1-2H3,(H,12,14)(H,13,15)(H,16,17). The van der Waals surface area contributed by atoms with Crippen LogP contribution in [0.2, 0.25) is 0 Å². The molecule has 1 heterocycles. The number of aliphatic carboxylic acids is 1. The van der Waals surface area contributed by atoms with Crippen LogP contribution < -0.4 is 10.9 Å². The van der Waals surface area contributed by atoms with E-state index in [1.54, 1.807) is 13.8 Å². The van der Waals surface area contributed by atoms with E-state index in [-0.39, 0.29) is 11.5 Å². The van der Waals surface area contributed by atoms with Crippen LogP contribution in [0.3, 0.4) is 0 Å². The van der Waals surface area contributed by atoms with E-state index in [1.165, 1.54) is 18.3 Å². The van der Waals surface area contributed by atoms with Crippen molar-refractivity contribution in [3.8, 4) is 0 Å². The Labute approximate surface area is 97.7 Å². The van der Waals surface area contributed by atoms with Gasteiger partial charge in [0.25, 0.3) is 11.5 Å². The number of aromatic nitrogens is 1. The highest BCUT2D eigenvalue weighted by Gasteiger charge is 2.24. The summed E-state index contributed by atoms with van der Waals surface area (Å²) in [5, 5.41) is 11.2. The van der Waals surface area contributed by atoms with Gasteiger partial charge in [0.2, 0.25) is 0 Å². The van der Waals surface area contributed by atoms with Crippen molar-refractivity contribution in [1.82, 2.24) is 10.3 Å². The molecule has 0 saturated heterocycles. The molecule has 17 heavy (non-hydrogen) atoms. The monoisotopic (exact) mass is 238 g/mol. The summed E-state index contributed by atoms with van der Waals surface area (Å²) >= 11 is 0. The number of aromatic amines is 1. The van der Waals surface area contributed by atoms with Crippen LogP contribution in [0, 0.1) is 5.92 Å². The highest BCUT2D eigenvalue weighted by Crippen LogP contribution is 2.02. The van der Waals surface area contributed by atoms with Crippen LogP contribution in [0.5, 0.6) is 0 Å². The Balaban J connectivity index is 2.89. The van der Waals surface area contributed by atoms with E-state index in [9.17, 15) is 14.4 Å². The van der Waals surface area contributed by atoms with Crippen molar-refractivity contribution in [2.45, 2.75) is 19.9 Å². The van der Waals surface area contributed by atoms with Crippen molar-refractivity contribution in [1.29, 1.82) is 0 Å².